The molecule has 2 aromatic carbocycles. The minimum Gasteiger partial charge on any atom is -0.497 e. The first-order chi connectivity index (χ1) is 22.7. The van der Waals surface area contributed by atoms with E-state index in [1.807, 2.05) is 52.4 Å². The molecule has 7 rings (SSSR count). The van der Waals surface area contributed by atoms with Crippen LogP contribution in [0.1, 0.15) is 86.2 Å². The molecule has 1 unspecified atom stereocenters. The molecule has 47 heavy (non-hydrogen) atoms. The number of ether oxygens (including phenoxy) is 1. The van der Waals surface area contributed by atoms with Crippen molar-refractivity contribution >= 4 is 44.3 Å². The lowest BCUT2D eigenvalue weighted by molar-refractivity contribution is -0.120. The van der Waals surface area contributed by atoms with E-state index in [0.717, 1.165) is 56.6 Å². The van der Waals surface area contributed by atoms with Crippen molar-refractivity contribution in [2.45, 2.75) is 90.0 Å². The van der Waals surface area contributed by atoms with E-state index < -0.39 is 0 Å². The van der Waals surface area contributed by atoms with Crippen molar-refractivity contribution in [1.29, 1.82) is 0 Å². The number of carbonyl (C=O) groups is 2. The first-order valence-electron chi connectivity index (χ1n) is 16.9. The topological polar surface area (TPSA) is 88.7 Å². The molecule has 0 N–H and O–H groups in total. The van der Waals surface area contributed by atoms with Crippen molar-refractivity contribution in [1.82, 2.24) is 29.4 Å². The summed E-state index contributed by atoms with van der Waals surface area (Å²) >= 11 is 3.47. The first kappa shape index (κ1) is 31.9. The number of benzene rings is 2. The summed E-state index contributed by atoms with van der Waals surface area (Å²) in [6.07, 6.45) is 8.66. The summed E-state index contributed by atoms with van der Waals surface area (Å²) in [6.45, 7) is 8.99. The minimum atomic E-state index is -0.359. The standard InChI is InChI=1S/C36H44BrN7O3/c1-23-19-40(36(46)34-25(3)44(29-8-6-5-7-9-29)32-15-14-30(47-4)18-31(32)34)20-24(2)42(23)21-27-22-43(39-38-27)33-16-17-41(35(33)45)28-12-10-26(37)11-13-28/h10-15,18,22-24,29,33H,5-9,16-17,19-21H2,1-4H3/t23-,24+,33?. The van der Waals surface area contributed by atoms with E-state index in [-0.39, 0.29) is 29.9 Å². The van der Waals surface area contributed by atoms with Crippen LogP contribution in [-0.2, 0) is 11.3 Å². The fourth-order valence-corrected chi connectivity index (χ4v) is 8.40. The number of halogens is 1. The maximum absolute atomic E-state index is 14.4. The second-order valence-electron chi connectivity index (χ2n) is 13.5. The molecule has 2 aromatic heterocycles. The van der Waals surface area contributed by atoms with Crippen LogP contribution in [0.25, 0.3) is 10.9 Å². The molecule has 248 valence electrons. The predicted octanol–water partition coefficient (Wildman–Crippen LogP) is 6.53. The Labute approximate surface area is 284 Å². The van der Waals surface area contributed by atoms with Crippen molar-refractivity contribution in [3.8, 4) is 5.75 Å². The highest BCUT2D eigenvalue weighted by Gasteiger charge is 2.37. The number of methoxy groups -OCH3 is 1. The van der Waals surface area contributed by atoms with Crippen molar-refractivity contribution in [2.75, 3.05) is 31.6 Å². The Morgan fingerprint density at radius 1 is 1.00 bits per heavy atom. The third-order valence-electron chi connectivity index (χ3n) is 10.5. The second-order valence-corrected chi connectivity index (χ2v) is 14.5. The largest absolute Gasteiger partial charge is 0.497 e. The summed E-state index contributed by atoms with van der Waals surface area (Å²) in [5.74, 6) is 0.900. The molecule has 10 nitrogen and oxygen atoms in total. The lowest BCUT2D eigenvalue weighted by Crippen LogP contribution is -2.57. The van der Waals surface area contributed by atoms with Gasteiger partial charge in [0.15, 0.2) is 0 Å². The summed E-state index contributed by atoms with van der Waals surface area (Å²) in [7, 11) is 1.68. The number of rotatable bonds is 7. The van der Waals surface area contributed by atoms with Gasteiger partial charge in [-0.15, -0.1) is 5.10 Å². The van der Waals surface area contributed by atoms with Gasteiger partial charge in [-0.25, -0.2) is 4.68 Å². The van der Waals surface area contributed by atoms with E-state index in [0.29, 0.717) is 38.6 Å². The van der Waals surface area contributed by atoms with E-state index >= 15 is 0 Å². The fourth-order valence-electron chi connectivity index (χ4n) is 8.13. The molecule has 11 heteroatoms. The molecule has 3 aliphatic rings. The van der Waals surface area contributed by atoms with Crippen molar-refractivity contribution in [3.05, 3.63) is 70.1 Å². The molecule has 0 radical (unpaired) electrons. The van der Waals surface area contributed by atoms with Gasteiger partial charge in [0.1, 0.15) is 11.8 Å². The van der Waals surface area contributed by atoms with E-state index in [4.69, 9.17) is 4.74 Å². The average molecular weight is 703 g/mol. The number of carbonyl (C=O) groups excluding carboxylic acids is 2. The highest BCUT2D eigenvalue weighted by atomic mass is 79.9. The Kier molecular flexibility index (Phi) is 8.86. The summed E-state index contributed by atoms with van der Waals surface area (Å²) < 4.78 is 10.7. The van der Waals surface area contributed by atoms with E-state index in [1.165, 1.54) is 19.3 Å². The van der Waals surface area contributed by atoms with Crippen LogP contribution in [0, 0.1) is 6.92 Å². The SMILES string of the molecule is COc1ccc2c(c1)c(C(=O)N1C[C@@H](C)N(Cc3cn(C4CCN(c5ccc(Br)cc5)C4=O)nn3)[C@@H](C)C1)c(C)n2C1CCCCC1. The van der Waals surface area contributed by atoms with Gasteiger partial charge in [0.25, 0.3) is 11.8 Å². The van der Waals surface area contributed by atoms with Gasteiger partial charge in [-0.2, -0.15) is 0 Å². The molecule has 2 amide bonds. The van der Waals surface area contributed by atoms with Crippen LogP contribution in [0.2, 0.25) is 0 Å². The van der Waals surface area contributed by atoms with Crippen LogP contribution in [-0.4, -0.2) is 80.0 Å². The molecular weight excluding hydrogens is 658 g/mol. The Morgan fingerprint density at radius 2 is 1.72 bits per heavy atom. The van der Waals surface area contributed by atoms with Crippen molar-refractivity contribution in [2.24, 2.45) is 0 Å². The van der Waals surface area contributed by atoms with Gasteiger partial charge >= 0.3 is 0 Å². The second kappa shape index (κ2) is 13.1. The van der Waals surface area contributed by atoms with Gasteiger partial charge in [0.2, 0.25) is 0 Å². The summed E-state index contributed by atoms with van der Waals surface area (Å²) in [5, 5.41) is 9.85. The summed E-state index contributed by atoms with van der Waals surface area (Å²) in [6, 6.07) is 14.3. The number of hydrogen-bond acceptors (Lipinski definition) is 6. The fraction of sp³-hybridized carbons (Fsp3) is 0.500. The molecule has 4 aromatic rings. The summed E-state index contributed by atoms with van der Waals surface area (Å²) in [5.41, 5.74) is 4.71. The zero-order valence-electron chi connectivity index (χ0n) is 27.7. The molecule has 2 saturated heterocycles. The van der Waals surface area contributed by atoms with E-state index in [1.54, 1.807) is 11.8 Å². The minimum absolute atomic E-state index is 0.0374. The van der Waals surface area contributed by atoms with Gasteiger partial charge in [0.05, 0.1) is 24.6 Å². The number of piperazine rings is 1. The predicted molar refractivity (Wildman–Crippen MR) is 186 cm³/mol. The zero-order chi connectivity index (χ0) is 32.8. The van der Waals surface area contributed by atoms with Crippen LogP contribution < -0.4 is 9.64 Å². The van der Waals surface area contributed by atoms with Crippen LogP contribution in [0.4, 0.5) is 5.69 Å². The molecular formula is C36H44BrN7O3. The first-order valence-corrected chi connectivity index (χ1v) is 17.7. The highest BCUT2D eigenvalue weighted by Crippen LogP contribution is 2.38. The third-order valence-corrected chi connectivity index (χ3v) is 11.1. The Hall–Kier alpha value is -3.70. The molecule has 3 atom stereocenters. The van der Waals surface area contributed by atoms with E-state index in [2.05, 4.69) is 62.5 Å². The third kappa shape index (κ3) is 5.97. The lowest BCUT2D eigenvalue weighted by atomic mass is 9.95. The smallest absolute Gasteiger partial charge is 0.256 e. The molecule has 1 saturated carbocycles. The zero-order valence-corrected chi connectivity index (χ0v) is 29.3. The van der Waals surface area contributed by atoms with Gasteiger partial charge in [-0.05, 0) is 82.5 Å². The Morgan fingerprint density at radius 3 is 2.43 bits per heavy atom. The van der Waals surface area contributed by atoms with Crippen LogP contribution >= 0.6 is 15.9 Å². The number of hydrogen-bond donors (Lipinski definition) is 0. The van der Waals surface area contributed by atoms with E-state index in [9.17, 15) is 9.59 Å². The van der Waals surface area contributed by atoms with Crippen molar-refractivity contribution < 1.29 is 14.3 Å². The maximum Gasteiger partial charge on any atom is 0.256 e. The molecule has 1 aliphatic carbocycles. The van der Waals surface area contributed by atoms with Crippen LogP contribution in [0.3, 0.4) is 0 Å². The van der Waals surface area contributed by atoms with Crippen molar-refractivity contribution in [3.63, 3.8) is 0 Å². The average Bonchev–Trinajstić information content (AvgIpc) is 3.77. The molecule has 3 fully saturated rings. The number of anilines is 1. The normalized spacial score (nSPS) is 22.8. The Balaban J connectivity index is 1.06. The Bertz CT molecular complexity index is 1760. The maximum atomic E-state index is 14.4. The van der Waals surface area contributed by atoms with Crippen LogP contribution in [0.15, 0.2) is 53.1 Å². The van der Waals surface area contributed by atoms with Gasteiger partial charge < -0.3 is 19.1 Å². The molecule has 0 bridgehead atoms. The lowest BCUT2D eigenvalue weighted by Gasteiger charge is -2.44. The number of fused-ring (bicyclic) bond motifs is 1. The number of amides is 2. The quantitative estimate of drug-likeness (QED) is 0.218. The molecule has 0 spiro atoms. The number of nitrogens with zero attached hydrogens (tertiary/aromatic N) is 7. The summed E-state index contributed by atoms with van der Waals surface area (Å²) in [4.78, 5) is 34.0. The van der Waals surface area contributed by atoms with Gasteiger partial charge in [0, 0.05) is 71.1 Å². The van der Waals surface area contributed by atoms with Crippen LogP contribution in [0.5, 0.6) is 5.75 Å². The molecule has 4 heterocycles. The molecule has 2 aliphatic heterocycles. The van der Waals surface area contributed by atoms with Gasteiger partial charge in [-0.1, -0.05) is 40.4 Å². The highest BCUT2D eigenvalue weighted by molar-refractivity contribution is 9.10. The van der Waals surface area contributed by atoms with Gasteiger partial charge in [-0.3, -0.25) is 14.5 Å². The monoisotopic (exact) mass is 701 g/mol. The number of aromatic nitrogens is 4.